The van der Waals surface area contributed by atoms with Crippen LogP contribution in [0.25, 0.3) is 0 Å². The maximum atomic E-state index is 14.1. The number of hydrogen-bond acceptors (Lipinski definition) is 3. The fourth-order valence-electron chi connectivity index (χ4n) is 2.81. The zero-order valence-corrected chi connectivity index (χ0v) is 12.5. The molecule has 20 heavy (non-hydrogen) atoms. The maximum absolute atomic E-state index is 14.1. The number of rotatable bonds is 3. The number of alkyl halides is 1. The van der Waals surface area contributed by atoms with Gasteiger partial charge in [0.2, 0.25) is 0 Å². The molecule has 0 saturated heterocycles. The Morgan fingerprint density at radius 2 is 2.35 bits per heavy atom. The summed E-state index contributed by atoms with van der Waals surface area (Å²) in [6.07, 6.45) is 0.295. The summed E-state index contributed by atoms with van der Waals surface area (Å²) in [5, 5.41) is 9.33. The lowest BCUT2D eigenvalue weighted by Crippen LogP contribution is -2.39. The number of halogens is 3. The molecule has 1 aromatic rings. The molecule has 1 fully saturated rings. The van der Waals surface area contributed by atoms with E-state index in [1.54, 1.807) is 0 Å². The predicted molar refractivity (Wildman–Crippen MR) is 76.3 cm³/mol. The molecule has 3 unspecified atom stereocenters. The minimum absolute atomic E-state index is 0.110. The lowest BCUT2D eigenvalue weighted by atomic mass is 9.85. The van der Waals surface area contributed by atoms with Gasteiger partial charge in [-0.05, 0) is 24.6 Å². The van der Waals surface area contributed by atoms with Gasteiger partial charge in [-0.1, -0.05) is 27.7 Å². The summed E-state index contributed by atoms with van der Waals surface area (Å²) < 4.78 is 27.4. The van der Waals surface area contributed by atoms with E-state index in [0.29, 0.717) is 10.9 Å². The van der Waals surface area contributed by atoms with E-state index >= 15 is 0 Å². The highest BCUT2D eigenvalue weighted by Gasteiger charge is 2.71. The third-order valence-corrected chi connectivity index (χ3v) is 5.74. The van der Waals surface area contributed by atoms with Crippen molar-refractivity contribution in [2.24, 2.45) is 10.9 Å². The van der Waals surface area contributed by atoms with Crippen LogP contribution in [0.1, 0.15) is 12.0 Å². The quantitative estimate of drug-likeness (QED) is 0.897. The summed E-state index contributed by atoms with van der Waals surface area (Å²) in [7, 11) is 0. The zero-order chi connectivity index (χ0) is 14.5. The number of nitrogens with zero attached hydrogens (tertiary/aromatic N) is 1. The fraction of sp³-hybridized carbons (Fsp3) is 0.385. The number of thioether (sulfide) groups is 1. The average molecular weight is 362 g/mol. The fourth-order valence-corrected chi connectivity index (χ4v) is 4.32. The van der Waals surface area contributed by atoms with Crippen molar-refractivity contribution < 1.29 is 18.7 Å². The predicted octanol–water partition coefficient (Wildman–Crippen LogP) is 3.37. The molecule has 0 radical (unpaired) electrons. The van der Waals surface area contributed by atoms with Crippen molar-refractivity contribution in [3.8, 4) is 0 Å². The van der Waals surface area contributed by atoms with E-state index in [2.05, 4.69) is 20.9 Å². The van der Waals surface area contributed by atoms with Gasteiger partial charge < -0.3 is 5.11 Å². The summed E-state index contributed by atoms with van der Waals surface area (Å²) in [5.41, 5.74) is 0.0220. The minimum Gasteiger partial charge on any atom is -0.480 e. The van der Waals surface area contributed by atoms with Crippen LogP contribution in [0.3, 0.4) is 0 Å². The highest BCUT2D eigenvalue weighted by molar-refractivity contribution is 9.10. The number of hydrogen-bond donors (Lipinski definition) is 1. The first-order valence-electron chi connectivity index (χ1n) is 5.93. The van der Waals surface area contributed by atoms with E-state index in [1.807, 2.05) is 0 Å². The molecule has 1 saturated carbocycles. The van der Waals surface area contributed by atoms with Gasteiger partial charge in [0.05, 0.1) is 5.55 Å². The van der Waals surface area contributed by atoms with E-state index < -0.39 is 34.7 Å². The van der Waals surface area contributed by atoms with Crippen molar-refractivity contribution in [3.05, 3.63) is 34.1 Å². The van der Waals surface area contributed by atoms with Crippen LogP contribution >= 0.6 is 27.7 Å². The second kappa shape index (κ2) is 4.53. The summed E-state index contributed by atoms with van der Waals surface area (Å²) in [5.74, 6) is -2.09. The first-order valence-corrected chi connectivity index (χ1v) is 7.60. The number of carboxylic acids is 1. The summed E-state index contributed by atoms with van der Waals surface area (Å²) in [4.78, 5) is 15.5. The van der Waals surface area contributed by atoms with Crippen molar-refractivity contribution in [2.45, 2.75) is 16.7 Å². The SMILES string of the molecule is O=C(O)C12CC1C(CF)(c1cc(Br)ccc1F)N=CS2. The first kappa shape index (κ1) is 14.0. The third-order valence-electron chi connectivity index (χ3n) is 3.99. The largest absolute Gasteiger partial charge is 0.480 e. The van der Waals surface area contributed by atoms with E-state index in [9.17, 15) is 18.7 Å². The van der Waals surface area contributed by atoms with Crippen LogP contribution in [0.4, 0.5) is 8.78 Å². The van der Waals surface area contributed by atoms with Crippen LogP contribution in [0, 0.1) is 11.7 Å². The molecule has 0 aromatic heterocycles. The lowest BCUT2D eigenvalue weighted by Gasteiger charge is -2.32. The smallest absolute Gasteiger partial charge is 0.320 e. The molecule has 2 aliphatic rings. The molecule has 3 rings (SSSR count). The van der Waals surface area contributed by atoms with Crippen molar-refractivity contribution in [3.63, 3.8) is 0 Å². The monoisotopic (exact) mass is 361 g/mol. The molecule has 1 N–H and O–H groups in total. The Morgan fingerprint density at radius 3 is 3.00 bits per heavy atom. The number of carbonyl (C=O) groups is 1. The molecule has 7 heteroatoms. The standard InChI is InChI=1S/C13H10BrF2NO2S/c14-7-1-2-9(16)8(3-7)12(5-15)10-4-13(10,11(18)19)20-6-17-12/h1-3,6,10H,4-5H2,(H,18,19). The number of benzene rings is 1. The molecule has 3 atom stereocenters. The van der Waals surface area contributed by atoms with E-state index in [1.165, 1.54) is 23.7 Å². The number of aliphatic imine (C=N–C) groups is 1. The Hall–Kier alpha value is -0.950. The molecule has 1 aromatic carbocycles. The third kappa shape index (κ3) is 1.75. The van der Waals surface area contributed by atoms with Crippen LogP contribution in [0.5, 0.6) is 0 Å². The first-order chi connectivity index (χ1) is 9.46. The molecule has 1 aliphatic carbocycles. The van der Waals surface area contributed by atoms with Gasteiger partial charge in [-0.25, -0.2) is 8.78 Å². The van der Waals surface area contributed by atoms with Gasteiger partial charge in [-0.15, -0.1) is 0 Å². The highest BCUT2D eigenvalue weighted by atomic mass is 79.9. The second-order valence-electron chi connectivity index (χ2n) is 4.99. The van der Waals surface area contributed by atoms with Gasteiger partial charge in [-0.3, -0.25) is 9.79 Å². The topological polar surface area (TPSA) is 49.7 Å². The van der Waals surface area contributed by atoms with Gasteiger partial charge in [0.1, 0.15) is 22.8 Å². The number of carboxylic acid groups (broad SMARTS) is 1. The summed E-state index contributed by atoms with van der Waals surface area (Å²) in [6, 6.07) is 4.23. The Labute approximate surface area is 126 Å². The van der Waals surface area contributed by atoms with Gasteiger partial charge in [0.25, 0.3) is 0 Å². The number of fused-ring (bicyclic) bond motifs is 1. The molecule has 1 aliphatic heterocycles. The Morgan fingerprint density at radius 1 is 1.60 bits per heavy atom. The van der Waals surface area contributed by atoms with E-state index in [4.69, 9.17) is 0 Å². The van der Waals surface area contributed by atoms with E-state index in [-0.39, 0.29) is 5.56 Å². The Bertz CT molecular complexity index is 626. The second-order valence-corrected chi connectivity index (χ2v) is 7.08. The van der Waals surface area contributed by atoms with Gasteiger partial charge >= 0.3 is 5.97 Å². The summed E-state index contributed by atoms with van der Waals surface area (Å²) >= 11 is 4.31. The van der Waals surface area contributed by atoms with Crippen molar-refractivity contribution >= 4 is 39.2 Å². The molecule has 0 amide bonds. The van der Waals surface area contributed by atoms with Crippen LogP contribution in [0.15, 0.2) is 27.7 Å². The lowest BCUT2D eigenvalue weighted by molar-refractivity contribution is -0.137. The molecule has 106 valence electrons. The normalized spacial score (nSPS) is 34.6. The van der Waals surface area contributed by atoms with Gasteiger partial charge in [0.15, 0.2) is 0 Å². The Balaban J connectivity index is 2.14. The van der Waals surface area contributed by atoms with Crippen molar-refractivity contribution in [2.75, 3.05) is 6.67 Å². The maximum Gasteiger partial charge on any atom is 0.320 e. The Kier molecular flexibility index (Phi) is 3.17. The zero-order valence-electron chi connectivity index (χ0n) is 10.1. The number of aliphatic carboxylic acids is 1. The van der Waals surface area contributed by atoms with Crippen LogP contribution in [0.2, 0.25) is 0 Å². The van der Waals surface area contributed by atoms with Crippen LogP contribution in [-0.4, -0.2) is 28.0 Å². The van der Waals surface area contributed by atoms with E-state index in [0.717, 1.165) is 11.8 Å². The van der Waals surface area contributed by atoms with Gasteiger partial charge in [0, 0.05) is 16.0 Å². The van der Waals surface area contributed by atoms with Crippen molar-refractivity contribution in [1.82, 2.24) is 0 Å². The highest BCUT2D eigenvalue weighted by Crippen LogP contribution is 2.65. The molecule has 0 bridgehead atoms. The molecule has 3 nitrogen and oxygen atoms in total. The van der Waals surface area contributed by atoms with Crippen LogP contribution < -0.4 is 0 Å². The van der Waals surface area contributed by atoms with Crippen LogP contribution in [-0.2, 0) is 10.3 Å². The molecule has 1 heterocycles. The minimum atomic E-state index is -1.43. The molecule has 0 spiro atoms. The average Bonchev–Trinajstić information content (AvgIpc) is 3.18. The molecular formula is C13H10BrF2NO2S. The summed E-state index contributed by atoms with van der Waals surface area (Å²) in [6.45, 7) is -0.920. The van der Waals surface area contributed by atoms with Crippen molar-refractivity contribution in [1.29, 1.82) is 0 Å². The molecular weight excluding hydrogens is 352 g/mol. The van der Waals surface area contributed by atoms with Gasteiger partial charge in [-0.2, -0.15) is 0 Å².